The molecule has 0 radical (unpaired) electrons. The number of nitrogens with zero attached hydrogens (tertiary/aromatic N) is 2. The van der Waals surface area contributed by atoms with Crippen molar-refractivity contribution in [2.24, 2.45) is 13.0 Å². The Hall–Kier alpha value is -2.14. The van der Waals surface area contributed by atoms with Crippen LogP contribution in [0.1, 0.15) is 30.6 Å². The van der Waals surface area contributed by atoms with Crippen LogP contribution in [0.5, 0.6) is 0 Å². The molecule has 1 aromatic heterocycles. The molecule has 2 rings (SSSR count). The summed E-state index contributed by atoms with van der Waals surface area (Å²) in [6, 6.07) is 9.38. The lowest BCUT2D eigenvalue weighted by Crippen LogP contribution is -2.38. The summed E-state index contributed by atoms with van der Waals surface area (Å²) < 4.78 is 1.63. The molecule has 1 amide bonds. The molecule has 2 N–H and O–H groups in total. The van der Waals surface area contributed by atoms with Crippen LogP contribution < -0.4 is 5.32 Å². The van der Waals surface area contributed by atoms with Gasteiger partial charge in [0.1, 0.15) is 5.69 Å². The molecule has 22 heavy (non-hydrogen) atoms. The summed E-state index contributed by atoms with van der Waals surface area (Å²) in [6.07, 6.45) is 2.45. The largest absolute Gasteiger partial charge is 0.394 e. The first-order valence-corrected chi connectivity index (χ1v) is 7.52. The molecule has 2 aromatic rings. The summed E-state index contributed by atoms with van der Waals surface area (Å²) in [5.41, 5.74) is 2.08. The number of hydrogen-bond acceptors (Lipinski definition) is 3. The van der Waals surface area contributed by atoms with E-state index in [9.17, 15) is 9.90 Å². The first kappa shape index (κ1) is 16.2. The smallest absolute Gasteiger partial charge is 0.255 e. The molecule has 0 aliphatic rings. The average Bonchev–Trinajstić information content (AvgIpc) is 2.89. The van der Waals surface area contributed by atoms with Crippen LogP contribution in [0.2, 0.25) is 0 Å². The third kappa shape index (κ3) is 3.95. The molecule has 0 aliphatic heterocycles. The van der Waals surface area contributed by atoms with E-state index in [0.717, 1.165) is 12.0 Å². The van der Waals surface area contributed by atoms with E-state index in [1.165, 1.54) is 0 Å². The second-order valence-corrected chi connectivity index (χ2v) is 5.91. The number of hydrogen-bond donors (Lipinski definition) is 2. The molecule has 0 saturated heterocycles. The highest BCUT2D eigenvalue weighted by molar-refractivity contribution is 5.99. The maximum Gasteiger partial charge on any atom is 0.255 e. The standard InChI is InChI=1S/C17H23N3O2/c1-12(2)9-14(11-21)18-17(22)15-10-20(3)19-16(15)13-7-5-4-6-8-13/h4-8,10,12,14,21H,9,11H2,1-3H3,(H,18,22). The Labute approximate surface area is 131 Å². The van der Waals surface area contributed by atoms with Crippen LogP contribution in [-0.4, -0.2) is 33.4 Å². The number of benzene rings is 1. The maximum absolute atomic E-state index is 12.5. The van der Waals surface area contributed by atoms with E-state index >= 15 is 0 Å². The van der Waals surface area contributed by atoms with Crippen LogP contribution in [0.4, 0.5) is 0 Å². The number of aliphatic hydroxyl groups excluding tert-OH is 1. The summed E-state index contributed by atoms with van der Waals surface area (Å²) in [6.45, 7) is 4.06. The molecule has 5 nitrogen and oxygen atoms in total. The van der Waals surface area contributed by atoms with Gasteiger partial charge in [-0.1, -0.05) is 44.2 Å². The number of aromatic nitrogens is 2. The molecule has 1 atom stereocenters. The van der Waals surface area contributed by atoms with Gasteiger partial charge in [0.05, 0.1) is 18.2 Å². The summed E-state index contributed by atoms with van der Waals surface area (Å²) in [5, 5.41) is 16.7. The Morgan fingerprint density at radius 2 is 2.00 bits per heavy atom. The predicted molar refractivity (Wildman–Crippen MR) is 86.4 cm³/mol. The predicted octanol–water partition coefficient (Wildman–Crippen LogP) is 2.22. The number of carbonyl (C=O) groups is 1. The minimum atomic E-state index is -0.240. The topological polar surface area (TPSA) is 67.2 Å². The number of carbonyl (C=O) groups excluding carboxylic acids is 1. The van der Waals surface area contributed by atoms with Gasteiger partial charge in [-0.25, -0.2) is 0 Å². The molecule has 0 spiro atoms. The summed E-state index contributed by atoms with van der Waals surface area (Å²) >= 11 is 0. The van der Waals surface area contributed by atoms with Gasteiger partial charge in [-0.3, -0.25) is 9.48 Å². The lowest BCUT2D eigenvalue weighted by atomic mass is 10.0. The van der Waals surface area contributed by atoms with Gasteiger partial charge < -0.3 is 10.4 Å². The van der Waals surface area contributed by atoms with Gasteiger partial charge in [0.25, 0.3) is 5.91 Å². The first-order valence-electron chi connectivity index (χ1n) is 7.52. The lowest BCUT2D eigenvalue weighted by Gasteiger charge is -2.18. The zero-order valence-corrected chi connectivity index (χ0v) is 13.3. The monoisotopic (exact) mass is 301 g/mol. The van der Waals surface area contributed by atoms with E-state index in [1.807, 2.05) is 30.3 Å². The molecule has 118 valence electrons. The highest BCUT2D eigenvalue weighted by Gasteiger charge is 2.20. The van der Waals surface area contributed by atoms with Crippen molar-refractivity contribution in [2.45, 2.75) is 26.3 Å². The molecular formula is C17H23N3O2. The molecular weight excluding hydrogens is 278 g/mol. The van der Waals surface area contributed by atoms with Crippen molar-refractivity contribution in [3.8, 4) is 11.3 Å². The molecule has 0 bridgehead atoms. The van der Waals surface area contributed by atoms with Crippen LogP contribution in [0.3, 0.4) is 0 Å². The SMILES string of the molecule is CC(C)CC(CO)NC(=O)c1cn(C)nc1-c1ccccc1. The Kier molecular flexibility index (Phi) is 5.33. The van der Waals surface area contributed by atoms with E-state index in [-0.39, 0.29) is 18.6 Å². The fourth-order valence-electron chi connectivity index (χ4n) is 2.48. The van der Waals surface area contributed by atoms with Gasteiger partial charge in [-0.15, -0.1) is 0 Å². The minimum Gasteiger partial charge on any atom is -0.394 e. The Morgan fingerprint density at radius 3 is 2.59 bits per heavy atom. The maximum atomic E-state index is 12.5. The van der Waals surface area contributed by atoms with E-state index in [0.29, 0.717) is 17.2 Å². The third-order valence-electron chi connectivity index (χ3n) is 3.43. The number of rotatable bonds is 6. The highest BCUT2D eigenvalue weighted by atomic mass is 16.3. The van der Waals surface area contributed by atoms with Crippen molar-refractivity contribution in [3.05, 3.63) is 42.1 Å². The van der Waals surface area contributed by atoms with Crippen LogP contribution in [0, 0.1) is 5.92 Å². The van der Waals surface area contributed by atoms with Gasteiger partial charge in [0.15, 0.2) is 0 Å². The summed E-state index contributed by atoms with van der Waals surface area (Å²) in [5.74, 6) is 0.201. The highest BCUT2D eigenvalue weighted by Crippen LogP contribution is 2.21. The van der Waals surface area contributed by atoms with Crippen molar-refractivity contribution < 1.29 is 9.90 Å². The lowest BCUT2D eigenvalue weighted by molar-refractivity contribution is 0.0909. The van der Waals surface area contributed by atoms with Gasteiger partial charge in [-0.05, 0) is 12.3 Å². The van der Waals surface area contributed by atoms with Crippen LogP contribution in [0.15, 0.2) is 36.5 Å². The third-order valence-corrected chi connectivity index (χ3v) is 3.43. The Bertz CT molecular complexity index is 620. The van der Waals surface area contributed by atoms with Gasteiger partial charge in [0, 0.05) is 18.8 Å². The molecule has 1 heterocycles. The average molecular weight is 301 g/mol. The fourth-order valence-corrected chi connectivity index (χ4v) is 2.48. The zero-order chi connectivity index (χ0) is 16.1. The molecule has 0 aliphatic carbocycles. The summed E-state index contributed by atoms with van der Waals surface area (Å²) in [4.78, 5) is 12.5. The molecule has 1 unspecified atom stereocenters. The van der Waals surface area contributed by atoms with Crippen molar-refractivity contribution >= 4 is 5.91 Å². The van der Waals surface area contributed by atoms with Crippen LogP contribution in [0.25, 0.3) is 11.3 Å². The zero-order valence-electron chi connectivity index (χ0n) is 13.3. The van der Waals surface area contributed by atoms with Crippen molar-refractivity contribution in [1.82, 2.24) is 15.1 Å². The Morgan fingerprint density at radius 1 is 1.32 bits per heavy atom. The first-order chi connectivity index (χ1) is 10.5. The quantitative estimate of drug-likeness (QED) is 0.859. The van der Waals surface area contributed by atoms with E-state index < -0.39 is 0 Å². The number of aryl methyl sites for hydroxylation is 1. The van der Waals surface area contributed by atoms with Crippen LogP contribution in [-0.2, 0) is 7.05 Å². The van der Waals surface area contributed by atoms with E-state index in [1.54, 1.807) is 17.9 Å². The van der Waals surface area contributed by atoms with Gasteiger partial charge in [-0.2, -0.15) is 5.10 Å². The van der Waals surface area contributed by atoms with Gasteiger partial charge >= 0.3 is 0 Å². The van der Waals surface area contributed by atoms with Crippen molar-refractivity contribution in [1.29, 1.82) is 0 Å². The molecule has 5 heteroatoms. The fraction of sp³-hybridized carbons (Fsp3) is 0.412. The van der Waals surface area contributed by atoms with Crippen LogP contribution >= 0.6 is 0 Å². The van der Waals surface area contributed by atoms with E-state index in [2.05, 4.69) is 24.3 Å². The number of amides is 1. The van der Waals surface area contributed by atoms with Crippen molar-refractivity contribution in [2.75, 3.05) is 6.61 Å². The minimum absolute atomic E-state index is 0.0646. The second-order valence-electron chi connectivity index (χ2n) is 5.91. The normalized spacial score (nSPS) is 12.4. The number of aliphatic hydroxyl groups is 1. The molecule has 0 saturated carbocycles. The van der Waals surface area contributed by atoms with Gasteiger partial charge in [0.2, 0.25) is 0 Å². The number of nitrogens with one attached hydrogen (secondary N) is 1. The van der Waals surface area contributed by atoms with E-state index in [4.69, 9.17) is 0 Å². The Balaban J connectivity index is 2.23. The molecule has 1 aromatic carbocycles. The van der Waals surface area contributed by atoms with Crippen molar-refractivity contribution in [3.63, 3.8) is 0 Å². The summed E-state index contributed by atoms with van der Waals surface area (Å²) in [7, 11) is 1.79. The second kappa shape index (κ2) is 7.22. The molecule has 0 fully saturated rings.